The highest BCUT2D eigenvalue weighted by Crippen LogP contribution is 2.41. The molecule has 70 valence electrons. The van der Waals surface area contributed by atoms with Crippen LogP contribution in [-0.2, 0) is 0 Å². The van der Waals surface area contributed by atoms with Gasteiger partial charge in [0.2, 0.25) is 0 Å². The summed E-state index contributed by atoms with van der Waals surface area (Å²) in [5.74, 6) is -1.02. The summed E-state index contributed by atoms with van der Waals surface area (Å²) >= 11 is 2.86. The van der Waals surface area contributed by atoms with Gasteiger partial charge < -0.3 is 5.73 Å². The smallest absolute Gasteiger partial charge is 0.143 e. The van der Waals surface area contributed by atoms with Crippen molar-refractivity contribution in [1.29, 1.82) is 0 Å². The van der Waals surface area contributed by atoms with Gasteiger partial charge in [0, 0.05) is 12.0 Å². The quantitative estimate of drug-likeness (QED) is 0.759. The molecule has 1 nitrogen and oxygen atoms in total. The Hall–Kier alpha value is -0.480. The molecule has 2 N–H and O–H groups in total. The summed E-state index contributed by atoms with van der Waals surface area (Å²) in [4.78, 5) is 0. The van der Waals surface area contributed by atoms with E-state index in [4.69, 9.17) is 5.73 Å². The normalized spacial score (nSPS) is 26.2. The van der Waals surface area contributed by atoms with E-state index in [0.717, 1.165) is 6.42 Å². The van der Waals surface area contributed by atoms with E-state index in [0.29, 0.717) is 5.56 Å². The Morgan fingerprint density at radius 3 is 2.54 bits per heavy atom. The van der Waals surface area contributed by atoms with Crippen molar-refractivity contribution in [2.45, 2.75) is 18.4 Å². The molecule has 2 atom stereocenters. The van der Waals surface area contributed by atoms with Gasteiger partial charge in [0.25, 0.3) is 0 Å². The van der Waals surface area contributed by atoms with Gasteiger partial charge in [-0.25, -0.2) is 8.78 Å². The topological polar surface area (TPSA) is 26.0 Å². The zero-order valence-electron chi connectivity index (χ0n) is 6.73. The van der Waals surface area contributed by atoms with E-state index in [-0.39, 0.29) is 16.4 Å². The number of nitrogens with two attached hydrogens (primary N) is 1. The summed E-state index contributed by atoms with van der Waals surface area (Å²) in [7, 11) is 0. The lowest BCUT2D eigenvalue weighted by Gasteiger charge is -2.03. The van der Waals surface area contributed by atoms with Gasteiger partial charge in [-0.2, -0.15) is 0 Å². The van der Waals surface area contributed by atoms with Gasteiger partial charge in [0.15, 0.2) is 0 Å². The van der Waals surface area contributed by atoms with Crippen LogP contribution in [0.15, 0.2) is 16.6 Å². The number of benzene rings is 1. The molecule has 0 unspecified atom stereocenters. The first-order valence-electron chi connectivity index (χ1n) is 4.00. The van der Waals surface area contributed by atoms with Crippen LogP contribution in [0.25, 0.3) is 0 Å². The Labute approximate surface area is 83.1 Å². The summed E-state index contributed by atoms with van der Waals surface area (Å²) in [6.07, 6.45) is 0.787. The standard InChI is InChI=1S/C9H8BrF2N/c10-8-6(11)2-1-4(9(8)12)5-3-7(5)13/h1-2,5,7H,3,13H2/t5-,7+/m0/s1. The number of rotatable bonds is 1. The molecule has 0 amide bonds. The van der Waals surface area contributed by atoms with Crippen molar-refractivity contribution in [3.63, 3.8) is 0 Å². The summed E-state index contributed by atoms with van der Waals surface area (Å²) < 4.78 is 26.1. The first-order valence-corrected chi connectivity index (χ1v) is 4.79. The van der Waals surface area contributed by atoms with Crippen molar-refractivity contribution in [3.8, 4) is 0 Å². The SMILES string of the molecule is N[C@@H]1C[C@H]1c1ccc(F)c(Br)c1F. The molecule has 2 rings (SSSR count). The zero-order valence-corrected chi connectivity index (χ0v) is 8.31. The van der Waals surface area contributed by atoms with E-state index in [1.54, 1.807) is 0 Å². The lowest BCUT2D eigenvalue weighted by atomic mass is 10.1. The fourth-order valence-corrected chi connectivity index (χ4v) is 1.76. The Bertz CT molecular complexity index is 354. The molecule has 0 heterocycles. The molecule has 4 heteroatoms. The number of hydrogen-bond acceptors (Lipinski definition) is 1. The number of halogens is 3. The summed E-state index contributed by atoms with van der Waals surface area (Å²) in [5, 5.41) is 0. The van der Waals surface area contributed by atoms with Crippen LogP contribution in [-0.4, -0.2) is 6.04 Å². The van der Waals surface area contributed by atoms with Gasteiger partial charge in [-0.05, 0) is 34.0 Å². The minimum atomic E-state index is -0.574. The molecule has 0 saturated heterocycles. The molecule has 1 aromatic rings. The fraction of sp³-hybridized carbons (Fsp3) is 0.333. The van der Waals surface area contributed by atoms with E-state index in [1.807, 2.05) is 0 Å². The van der Waals surface area contributed by atoms with E-state index in [2.05, 4.69) is 15.9 Å². The van der Waals surface area contributed by atoms with E-state index in [1.165, 1.54) is 12.1 Å². The first-order chi connectivity index (χ1) is 6.11. The van der Waals surface area contributed by atoms with E-state index in [9.17, 15) is 8.78 Å². The summed E-state index contributed by atoms with van der Waals surface area (Å²) in [6.45, 7) is 0. The average molecular weight is 248 g/mol. The Morgan fingerprint density at radius 1 is 1.38 bits per heavy atom. The van der Waals surface area contributed by atoms with Crippen molar-refractivity contribution in [2.24, 2.45) is 5.73 Å². The third kappa shape index (κ3) is 1.48. The largest absolute Gasteiger partial charge is 0.327 e. The second-order valence-corrected chi connectivity index (χ2v) is 4.06. The highest BCUT2D eigenvalue weighted by Gasteiger charge is 2.37. The minimum Gasteiger partial charge on any atom is -0.327 e. The van der Waals surface area contributed by atoms with Gasteiger partial charge in [-0.3, -0.25) is 0 Å². The third-order valence-corrected chi connectivity index (χ3v) is 3.03. The summed E-state index contributed by atoms with van der Waals surface area (Å²) in [6, 6.07) is 2.76. The molecule has 1 aliphatic rings. The average Bonchev–Trinajstić information content (AvgIpc) is 2.79. The van der Waals surface area contributed by atoms with Crippen LogP contribution in [0.1, 0.15) is 17.9 Å². The van der Waals surface area contributed by atoms with Crippen molar-refractivity contribution in [2.75, 3.05) is 0 Å². The Kier molecular flexibility index (Phi) is 2.12. The maximum absolute atomic E-state index is 13.4. The first kappa shape index (κ1) is 9.09. The van der Waals surface area contributed by atoms with Crippen molar-refractivity contribution >= 4 is 15.9 Å². The molecule has 13 heavy (non-hydrogen) atoms. The Balaban J connectivity index is 2.43. The van der Waals surface area contributed by atoms with Gasteiger partial charge in [-0.1, -0.05) is 6.07 Å². The zero-order chi connectivity index (χ0) is 9.59. The van der Waals surface area contributed by atoms with Crippen molar-refractivity contribution in [3.05, 3.63) is 33.8 Å². The highest BCUT2D eigenvalue weighted by atomic mass is 79.9. The van der Waals surface area contributed by atoms with E-state index < -0.39 is 11.6 Å². The maximum atomic E-state index is 13.4. The van der Waals surface area contributed by atoms with Crippen LogP contribution in [0.2, 0.25) is 0 Å². The van der Waals surface area contributed by atoms with Crippen LogP contribution >= 0.6 is 15.9 Å². The molecule has 1 aliphatic carbocycles. The van der Waals surface area contributed by atoms with E-state index >= 15 is 0 Å². The third-order valence-electron chi connectivity index (χ3n) is 2.30. The van der Waals surface area contributed by atoms with Gasteiger partial charge in [0.1, 0.15) is 11.6 Å². The molecule has 1 fully saturated rings. The second-order valence-electron chi connectivity index (χ2n) is 3.27. The molecule has 1 saturated carbocycles. The van der Waals surface area contributed by atoms with Crippen LogP contribution in [0, 0.1) is 11.6 Å². The monoisotopic (exact) mass is 247 g/mol. The van der Waals surface area contributed by atoms with Crippen LogP contribution < -0.4 is 5.73 Å². The predicted molar refractivity (Wildman–Crippen MR) is 49.4 cm³/mol. The predicted octanol–water partition coefficient (Wildman–Crippen LogP) is 2.54. The fourth-order valence-electron chi connectivity index (χ4n) is 1.40. The van der Waals surface area contributed by atoms with Gasteiger partial charge >= 0.3 is 0 Å². The minimum absolute atomic E-state index is 0.0341. The number of hydrogen-bond donors (Lipinski definition) is 1. The lowest BCUT2D eigenvalue weighted by Crippen LogP contribution is -2.03. The van der Waals surface area contributed by atoms with Crippen molar-refractivity contribution in [1.82, 2.24) is 0 Å². The molecule has 1 aromatic carbocycles. The van der Waals surface area contributed by atoms with Crippen molar-refractivity contribution < 1.29 is 8.78 Å². The van der Waals surface area contributed by atoms with Crippen LogP contribution in [0.4, 0.5) is 8.78 Å². The lowest BCUT2D eigenvalue weighted by molar-refractivity contribution is 0.560. The summed E-state index contributed by atoms with van der Waals surface area (Å²) in [5.41, 5.74) is 6.09. The maximum Gasteiger partial charge on any atom is 0.143 e. The van der Waals surface area contributed by atoms with Crippen LogP contribution in [0.3, 0.4) is 0 Å². The molecule has 0 radical (unpaired) electrons. The molecule has 0 bridgehead atoms. The molecule has 0 spiro atoms. The highest BCUT2D eigenvalue weighted by molar-refractivity contribution is 9.10. The Morgan fingerprint density at radius 2 is 2.00 bits per heavy atom. The molecular formula is C9H8BrF2N. The van der Waals surface area contributed by atoms with Crippen LogP contribution in [0.5, 0.6) is 0 Å². The van der Waals surface area contributed by atoms with Gasteiger partial charge in [-0.15, -0.1) is 0 Å². The molecule has 0 aliphatic heterocycles. The molecular weight excluding hydrogens is 240 g/mol. The second kappa shape index (κ2) is 3.03. The van der Waals surface area contributed by atoms with Gasteiger partial charge in [0.05, 0.1) is 4.47 Å². The molecule has 0 aromatic heterocycles.